The number of hydrazone groups is 1. The molecule has 0 N–H and O–H groups in total. The van der Waals surface area contributed by atoms with Crippen LogP contribution in [0.15, 0.2) is 256 Å². The fraction of sp³-hybridized carbons (Fsp3) is 0.163. The van der Waals surface area contributed by atoms with E-state index < -0.39 is 80.5 Å². The third-order valence-electron chi connectivity index (χ3n) is 22.6. The van der Waals surface area contributed by atoms with Gasteiger partial charge in [-0.2, -0.15) is 63.6 Å². The Morgan fingerprint density at radius 3 is 1.11 bits per heavy atom. The molecule has 5 aromatic heterocycles. The molecule has 34 heteroatoms. The van der Waals surface area contributed by atoms with Crippen LogP contribution in [0, 0.1) is 54.0 Å². The first-order valence-corrected chi connectivity index (χ1v) is 48.8. The number of alkyl halides is 3. The average Bonchev–Trinajstić information content (AvgIpc) is 1.62. The Kier molecular flexibility index (Phi) is 30.2. The summed E-state index contributed by atoms with van der Waals surface area (Å²) in [5, 5.41) is 8.12. The maximum absolute atomic E-state index is 13.7. The predicted octanol–water partition coefficient (Wildman–Crippen LogP) is 23.8. The zero-order chi connectivity index (χ0) is 98.9. The normalized spacial score (nSPS) is 15.7. The number of thiocarbonyl (C=S) groups is 1. The molecule has 6 aliphatic heterocycles. The van der Waals surface area contributed by atoms with Gasteiger partial charge in [-0.1, -0.05) is 170 Å². The number of nitrogens with zero attached hydrogens (tertiary/aromatic N) is 13. The molecule has 12 aromatic rings. The highest BCUT2D eigenvalue weighted by Gasteiger charge is 2.48. The number of Topliss-reactive ketones (excluding diaryl/α,β-unsaturated/α-hetero) is 1. The monoisotopic (exact) mass is 1970 g/mol. The van der Waals surface area contributed by atoms with E-state index in [4.69, 9.17) is 38.5 Å². The van der Waals surface area contributed by atoms with Crippen molar-refractivity contribution in [3.05, 3.63) is 341 Å². The first-order valence-electron chi connectivity index (χ1n) is 42.8. The zero-order valence-corrected chi connectivity index (χ0v) is 81.1. The van der Waals surface area contributed by atoms with E-state index in [1.807, 2.05) is 205 Å². The molecular weight excluding hydrogens is 1890 g/mol. The van der Waals surface area contributed by atoms with E-state index in [0.29, 0.717) is 77.8 Å². The van der Waals surface area contributed by atoms with E-state index in [2.05, 4.69) is 29.4 Å². The highest BCUT2D eigenvalue weighted by molar-refractivity contribution is 7.97. The van der Waals surface area contributed by atoms with Crippen molar-refractivity contribution in [2.24, 2.45) is 5.10 Å². The summed E-state index contributed by atoms with van der Waals surface area (Å²) in [5.74, 6) is -4.12. The molecule has 0 aliphatic carbocycles. The van der Waals surface area contributed by atoms with Crippen LogP contribution in [0.4, 0.5) is 57.1 Å². The molecule has 18 rings (SSSR count). The van der Waals surface area contributed by atoms with Crippen molar-refractivity contribution >= 4 is 212 Å². The Hall–Kier alpha value is -15.4. The van der Waals surface area contributed by atoms with Gasteiger partial charge >= 0.3 is 12.2 Å². The van der Waals surface area contributed by atoms with Gasteiger partial charge < -0.3 is 4.90 Å². The van der Waals surface area contributed by atoms with Crippen molar-refractivity contribution in [2.45, 2.75) is 71.9 Å². The number of carbonyl (C=O) groups excluding carboxylic acids is 9. The first kappa shape index (κ1) is 98.6. The number of piperidine rings is 1. The van der Waals surface area contributed by atoms with Crippen molar-refractivity contribution in [1.29, 1.82) is 0 Å². The van der Waals surface area contributed by atoms with E-state index >= 15 is 0 Å². The fourth-order valence-electron chi connectivity index (χ4n) is 15.9. The van der Waals surface area contributed by atoms with Crippen LogP contribution >= 0.6 is 68.9 Å². The van der Waals surface area contributed by atoms with Gasteiger partial charge in [-0.05, 0) is 174 Å². The molecule has 138 heavy (non-hydrogen) atoms. The predicted molar refractivity (Wildman–Crippen MR) is 544 cm³/mol. The van der Waals surface area contributed by atoms with Crippen LogP contribution in [0.3, 0.4) is 0 Å². The second-order valence-electron chi connectivity index (χ2n) is 31.3. The number of carbonyl (C=O) groups is 9. The van der Waals surface area contributed by atoms with Crippen LogP contribution in [0.2, 0.25) is 0 Å². The van der Waals surface area contributed by atoms with Crippen LogP contribution in [0.5, 0.6) is 0 Å². The number of hydrazine groups is 1. The molecule has 0 spiro atoms. The molecule has 7 aromatic carbocycles. The Balaban J connectivity index is 0.000000138. The molecule has 11 heterocycles. The highest BCUT2D eigenvalue weighted by atomic mass is 32.2. The molecule has 4 saturated heterocycles. The Bertz CT molecular complexity index is 7320. The number of thiophene rings is 5. The van der Waals surface area contributed by atoms with E-state index in [1.54, 1.807) is 54.6 Å². The molecule has 692 valence electrons. The van der Waals surface area contributed by atoms with Crippen molar-refractivity contribution in [2.75, 3.05) is 62.2 Å². The van der Waals surface area contributed by atoms with Crippen molar-refractivity contribution in [1.82, 2.24) is 24.6 Å². The summed E-state index contributed by atoms with van der Waals surface area (Å²) >= 11 is 12.2. The van der Waals surface area contributed by atoms with E-state index in [-0.39, 0.29) is 37.2 Å². The number of sulfone groups is 1. The van der Waals surface area contributed by atoms with Crippen LogP contribution in [0.25, 0.3) is 94.3 Å². The minimum atomic E-state index is -4.64. The third-order valence-corrected chi connectivity index (χ3v) is 30.2. The Morgan fingerprint density at radius 1 is 0.413 bits per heavy atom. The number of barbiturate groups is 1. The van der Waals surface area contributed by atoms with Gasteiger partial charge in [-0.25, -0.2) is 47.6 Å². The van der Waals surface area contributed by atoms with Gasteiger partial charge in [0, 0.05) is 119 Å². The number of hydrogen-bond donors (Lipinski definition) is 0. The number of imide groups is 2. The lowest BCUT2D eigenvalue weighted by atomic mass is 10.0. The molecule has 6 aliphatic rings. The van der Waals surface area contributed by atoms with E-state index in [9.17, 15) is 64.7 Å². The summed E-state index contributed by atoms with van der Waals surface area (Å²) in [6, 6.07) is 65.3. The van der Waals surface area contributed by atoms with Crippen LogP contribution in [-0.4, -0.2) is 151 Å². The number of likely N-dealkylation sites (N-methyl/N-ethyl adjacent to an activating group) is 5. The quantitative estimate of drug-likeness (QED) is 0.0426. The second-order valence-corrected chi connectivity index (χ2v) is 39.6. The van der Waals surface area contributed by atoms with Gasteiger partial charge in [0.05, 0.1) is 53.1 Å². The number of urea groups is 1. The van der Waals surface area contributed by atoms with Gasteiger partial charge in [0.1, 0.15) is 21.6 Å². The molecule has 9 amide bonds. The summed E-state index contributed by atoms with van der Waals surface area (Å²) < 4.78 is 64.7. The van der Waals surface area contributed by atoms with Crippen molar-refractivity contribution in [3.63, 3.8) is 0 Å². The van der Waals surface area contributed by atoms with Crippen LogP contribution < -0.4 is 14.9 Å². The number of halogens is 3. The van der Waals surface area contributed by atoms with Gasteiger partial charge in [-0.3, -0.25) is 58.0 Å². The number of rotatable bonds is 14. The fourth-order valence-corrected chi connectivity index (χ4v) is 23.3. The third kappa shape index (κ3) is 19.9. The molecule has 4 fully saturated rings. The summed E-state index contributed by atoms with van der Waals surface area (Å²) in [6.45, 7) is 44.1. The van der Waals surface area contributed by atoms with Crippen LogP contribution in [0.1, 0.15) is 87.4 Å². The minimum absolute atomic E-state index is 0.0428. The largest absolute Gasteiger partial charge is 0.435 e. The second kappa shape index (κ2) is 42.3. The zero-order valence-electron chi connectivity index (χ0n) is 75.4. The first-order chi connectivity index (χ1) is 66.2. The summed E-state index contributed by atoms with van der Waals surface area (Å²) in [4.78, 5) is 143. The molecule has 24 nitrogen and oxygen atoms in total. The van der Waals surface area contributed by atoms with E-state index in [1.165, 1.54) is 134 Å². The van der Waals surface area contributed by atoms with Gasteiger partial charge in [-0.15, -0.1) is 11.3 Å². The topological polar surface area (TPSA) is 243 Å². The number of amides is 9. The average molecular weight is 1970 g/mol. The lowest BCUT2D eigenvalue weighted by Gasteiger charge is -2.35. The Morgan fingerprint density at radius 2 is 0.754 bits per heavy atom. The van der Waals surface area contributed by atoms with Gasteiger partial charge in [0.15, 0.2) is 10.8 Å². The standard InChI is InChI=1S/C28H19N3O2S.C21H19N3O2S2.C21H13NO3S2.C19H15N3O3S.C15H16F3N3OS/c1-19-26(29-2)25(20-12-6-3-7-13-20)24(34-19)18-23-27(32)30(21-14-8-4-9-15-21)31(28(23)33)22-16-10-5-11-17-22;1-5-23-19(25)15(20(26)24(6-2)21(23)27)12-16-17(14-10-8-7-9-11-14)18(22-4)13(3)28-16;1-13-20(22-2)19(14-8-4-3-5-9-14)16(26-13)12-18-21(23)15-10-6-7-11-17(15)27(18,24)25;1-11-16(20-2)15(12-8-6-5-7-9-12)14(26-11)10-13-17(23)21(3)19(25)22(4)18(13)24;1-20-14(22)11(13(19-20)15(16,17)18)9-10-5-6-12(23-10)21-7-3-2-4-8-21/h3-18H,1H3;7-12H,5-6H2,1-3H3;3-12H,1H3;5-10H,1,3-4H3;5-6,9H,2-4,7-8H2,1H3/b;;18-12-;;11-9+. The number of aryl methyl sites for hydroxylation is 4. The number of allylic oxidation sites excluding steroid dienone is 1. The number of hydrogen-bond acceptors (Lipinski definition) is 19. The number of para-hydroxylation sites is 2. The van der Waals surface area contributed by atoms with Crippen molar-refractivity contribution in [3.8, 4) is 44.5 Å². The Labute approximate surface area is 819 Å². The van der Waals surface area contributed by atoms with E-state index in [0.717, 1.165) is 104 Å². The molecule has 0 unspecified atom stereocenters. The van der Waals surface area contributed by atoms with Gasteiger partial charge in [0.25, 0.3) is 41.4 Å². The summed E-state index contributed by atoms with van der Waals surface area (Å²) in [6.07, 6.45) is 6.28. The lowest BCUT2D eigenvalue weighted by molar-refractivity contribution is -0.135. The highest BCUT2D eigenvalue weighted by Crippen LogP contribution is 2.50. The number of ketones is 1. The van der Waals surface area contributed by atoms with Gasteiger partial charge in [0.2, 0.25) is 38.4 Å². The van der Waals surface area contributed by atoms with Crippen LogP contribution in [-0.2, 0) is 43.4 Å². The molecule has 0 bridgehead atoms. The number of fused-ring (bicyclic) bond motifs is 1. The molecule has 0 atom stereocenters. The number of anilines is 3. The molecule has 0 saturated carbocycles. The maximum Gasteiger partial charge on any atom is 0.435 e. The van der Waals surface area contributed by atoms with Crippen molar-refractivity contribution < 1.29 is 64.7 Å². The molecule has 0 radical (unpaired) electrons. The smallest absolute Gasteiger partial charge is 0.363 e. The minimum Gasteiger partial charge on any atom is -0.363 e. The molecular formula is C104H82F3N13O11S7. The number of benzene rings is 7. The maximum atomic E-state index is 13.7. The SMILES string of the molecule is CN1N=C(C(F)(F)F)/C(=C\c2ccc(N3CCCCC3)s2)C1=O.[C-]#[N+]c1c(C)sc(/C=C2/C(=O)c3ccccc3S2(=O)=O)c1-c1ccccc1.[C-]#[N+]c1c(C)sc(C=C2C(=O)N(C)C(=O)N(C)C2=O)c1-c1ccccc1.[C-]#[N+]c1c(C)sc(C=C2C(=O)N(CC)C(=S)N(CC)C2=O)c1-c1ccccc1.[C-]#[N+]c1c(C)sc(C=C2C(=O)N(c3ccccc3)N(c3ccccc3)C2=O)c1-c1ccccc1. The lowest BCUT2D eigenvalue weighted by Crippen LogP contribution is -2.55. The summed E-state index contributed by atoms with van der Waals surface area (Å²) in [5.41, 5.74) is 8.27. The summed E-state index contributed by atoms with van der Waals surface area (Å²) in [7, 11) is 0.0366.